The lowest BCUT2D eigenvalue weighted by Crippen LogP contribution is -2.25. The predicted molar refractivity (Wildman–Crippen MR) is 231 cm³/mol. The van der Waals surface area contributed by atoms with Crippen LogP contribution >= 0.6 is 11.3 Å². The van der Waals surface area contributed by atoms with Crippen LogP contribution in [0.25, 0.3) is 64.4 Å². The Labute approximate surface area is 323 Å². The molecule has 11 rings (SSSR count). The van der Waals surface area contributed by atoms with Crippen molar-refractivity contribution in [3.8, 4) is 33.8 Å². The van der Waals surface area contributed by atoms with Gasteiger partial charge in [-0.1, -0.05) is 129 Å². The van der Waals surface area contributed by atoms with Crippen molar-refractivity contribution in [2.45, 2.75) is 19.3 Å². The first kappa shape index (κ1) is 31.9. The molecule has 55 heavy (non-hydrogen) atoms. The molecule has 2 aromatic heterocycles. The van der Waals surface area contributed by atoms with Crippen LogP contribution in [-0.4, -0.2) is 0 Å². The van der Waals surface area contributed by atoms with Gasteiger partial charge in [-0.15, -0.1) is 11.3 Å². The van der Waals surface area contributed by atoms with E-state index in [-0.39, 0.29) is 5.41 Å². The first-order chi connectivity index (χ1) is 27.0. The number of hydrogen-bond donors (Lipinski definition) is 0. The van der Waals surface area contributed by atoms with Gasteiger partial charge < -0.3 is 14.1 Å². The van der Waals surface area contributed by atoms with Crippen LogP contribution in [0.4, 0.5) is 17.1 Å². The Morgan fingerprint density at radius 2 is 1.15 bits per heavy atom. The van der Waals surface area contributed by atoms with Crippen LogP contribution in [0.15, 0.2) is 180 Å². The third-order valence-corrected chi connectivity index (χ3v) is 12.5. The average Bonchev–Trinajstić information content (AvgIpc) is 3.81. The van der Waals surface area contributed by atoms with E-state index in [1.54, 1.807) is 0 Å². The Morgan fingerprint density at radius 3 is 1.95 bits per heavy atom. The smallest absolute Gasteiger partial charge is 0.143 e. The lowest BCUT2D eigenvalue weighted by molar-refractivity contribution is 0.423. The monoisotopic (exact) mass is 725 g/mol. The molecule has 0 N–H and O–H groups in total. The van der Waals surface area contributed by atoms with Crippen LogP contribution in [-0.2, 0) is 5.41 Å². The molecule has 10 aromatic rings. The van der Waals surface area contributed by atoms with Crippen molar-refractivity contribution in [2.75, 3.05) is 4.90 Å². The van der Waals surface area contributed by atoms with Gasteiger partial charge in [0.05, 0.1) is 0 Å². The van der Waals surface area contributed by atoms with Crippen LogP contribution in [0.5, 0.6) is 11.5 Å². The molecule has 0 unspecified atom stereocenters. The molecule has 0 amide bonds. The van der Waals surface area contributed by atoms with E-state index in [1.165, 1.54) is 36.9 Å². The first-order valence-electron chi connectivity index (χ1n) is 18.7. The maximum Gasteiger partial charge on any atom is 0.143 e. The summed E-state index contributed by atoms with van der Waals surface area (Å²) in [7, 11) is 0. The zero-order valence-electron chi connectivity index (χ0n) is 30.4. The largest absolute Gasteiger partial charge is 0.456 e. The second-order valence-electron chi connectivity index (χ2n) is 14.9. The highest BCUT2D eigenvalue weighted by Crippen LogP contribution is 2.54. The molecule has 0 aliphatic carbocycles. The van der Waals surface area contributed by atoms with Crippen molar-refractivity contribution in [1.29, 1.82) is 0 Å². The van der Waals surface area contributed by atoms with Crippen molar-refractivity contribution in [3.05, 3.63) is 187 Å². The molecule has 0 atom stereocenters. The number of para-hydroxylation sites is 2. The lowest BCUT2D eigenvalue weighted by Gasteiger charge is -2.36. The normalized spacial score (nSPS) is 13.2. The lowest BCUT2D eigenvalue weighted by atomic mass is 9.75. The molecule has 0 radical (unpaired) electrons. The predicted octanol–water partition coefficient (Wildman–Crippen LogP) is 15.2. The van der Waals surface area contributed by atoms with Crippen molar-refractivity contribution in [1.82, 2.24) is 0 Å². The van der Waals surface area contributed by atoms with Gasteiger partial charge >= 0.3 is 0 Å². The number of anilines is 3. The zero-order chi connectivity index (χ0) is 36.7. The summed E-state index contributed by atoms with van der Waals surface area (Å²) in [5.41, 5.74) is 11.7. The summed E-state index contributed by atoms with van der Waals surface area (Å²) < 4.78 is 15.9. The van der Waals surface area contributed by atoms with Gasteiger partial charge in [0.2, 0.25) is 0 Å². The molecule has 1 aliphatic rings. The van der Waals surface area contributed by atoms with Gasteiger partial charge in [-0.25, -0.2) is 0 Å². The van der Waals surface area contributed by atoms with Crippen LogP contribution in [0.1, 0.15) is 25.0 Å². The summed E-state index contributed by atoms with van der Waals surface area (Å²) in [6.45, 7) is 4.65. The highest BCUT2D eigenvalue weighted by molar-refractivity contribution is 7.25. The van der Waals surface area contributed by atoms with Gasteiger partial charge in [-0.3, -0.25) is 0 Å². The third kappa shape index (κ3) is 5.02. The molecule has 0 saturated carbocycles. The summed E-state index contributed by atoms with van der Waals surface area (Å²) in [5, 5.41) is 4.72. The van der Waals surface area contributed by atoms with E-state index < -0.39 is 0 Å². The number of fused-ring (bicyclic) bond motifs is 9. The van der Waals surface area contributed by atoms with Crippen molar-refractivity contribution in [3.63, 3.8) is 0 Å². The second-order valence-corrected chi connectivity index (χ2v) is 16.0. The number of furan rings is 1. The van der Waals surface area contributed by atoms with E-state index in [0.717, 1.165) is 67.2 Å². The zero-order valence-corrected chi connectivity index (χ0v) is 31.2. The molecule has 4 heteroatoms. The molecule has 0 saturated heterocycles. The molecule has 0 fully saturated rings. The summed E-state index contributed by atoms with van der Waals surface area (Å²) in [5.74, 6) is 1.88. The van der Waals surface area contributed by atoms with E-state index in [0.29, 0.717) is 0 Å². The molecule has 3 nitrogen and oxygen atoms in total. The van der Waals surface area contributed by atoms with Crippen LogP contribution < -0.4 is 9.64 Å². The number of hydrogen-bond acceptors (Lipinski definition) is 4. The van der Waals surface area contributed by atoms with Gasteiger partial charge in [-0.05, 0) is 77.4 Å². The van der Waals surface area contributed by atoms with Gasteiger partial charge in [0.1, 0.15) is 22.7 Å². The number of ether oxygens (including phenoxy) is 1. The van der Waals surface area contributed by atoms with E-state index in [9.17, 15) is 0 Å². The van der Waals surface area contributed by atoms with Crippen molar-refractivity contribution >= 4 is 70.5 Å². The quantitative estimate of drug-likeness (QED) is 0.177. The molecule has 0 spiro atoms. The third-order valence-electron chi connectivity index (χ3n) is 11.3. The Hall–Kier alpha value is -6.62. The highest BCUT2D eigenvalue weighted by atomic mass is 32.1. The van der Waals surface area contributed by atoms with E-state index in [2.05, 4.69) is 183 Å². The molecule has 1 aliphatic heterocycles. The SMILES string of the molecule is CC1(C)c2cc(N(c3ccc(-c4ccccc4)cc3)c3ccc(-c4cccc5c4oc4ccccc45)cc3)ccc2Oc2c1ccc1sc3ccccc3c21. The number of nitrogens with zero attached hydrogens (tertiary/aromatic N) is 1. The van der Waals surface area contributed by atoms with Crippen LogP contribution in [0.3, 0.4) is 0 Å². The molecule has 262 valence electrons. The van der Waals surface area contributed by atoms with Crippen molar-refractivity contribution < 1.29 is 9.15 Å². The van der Waals surface area contributed by atoms with Gasteiger partial charge in [-0.2, -0.15) is 0 Å². The van der Waals surface area contributed by atoms with Gasteiger partial charge in [0, 0.05) is 70.1 Å². The number of thiophene rings is 1. The van der Waals surface area contributed by atoms with Crippen molar-refractivity contribution in [2.24, 2.45) is 0 Å². The minimum absolute atomic E-state index is 0.298. The summed E-state index contributed by atoms with van der Waals surface area (Å²) in [6.07, 6.45) is 0. The summed E-state index contributed by atoms with van der Waals surface area (Å²) in [6, 6.07) is 62.8. The van der Waals surface area contributed by atoms with Crippen LogP contribution in [0.2, 0.25) is 0 Å². The summed E-state index contributed by atoms with van der Waals surface area (Å²) in [4.78, 5) is 2.35. The number of rotatable bonds is 5. The molecule has 0 bridgehead atoms. The van der Waals surface area contributed by atoms with Gasteiger partial charge in [0.15, 0.2) is 0 Å². The molecule has 8 aromatic carbocycles. The molecular formula is C51H35NO2S. The van der Waals surface area contributed by atoms with E-state index in [1.807, 2.05) is 23.5 Å². The molecular weight excluding hydrogens is 691 g/mol. The average molecular weight is 726 g/mol. The second kappa shape index (κ2) is 12.2. The Morgan fingerprint density at radius 1 is 0.491 bits per heavy atom. The fourth-order valence-corrected chi connectivity index (χ4v) is 9.62. The topological polar surface area (TPSA) is 25.6 Å². The Bertz CT molecular complexity index is 3080. The fraction of sp³-hybridized carbons (Fsp3) is 0.0588. The molecule has 3 heterocycles. The van der Waals surface area contributed by atoms with E-state index >= 15 is 0 Å². The highest BCUT2D eigenvalue weighted by Gasteiger charge is 2.36. The van der Waals surface area contributed by atoms with Gasteiger partial charge in [0.25, 0.3) is 0 Å². The van der Waals surface area contributed by atoms with E-state index in [4.69, 9.17) is 9.15 Å². The first-order valence-corrected chi connectivity index (χ1v) is 19.6. The Balaban J connectivity index is 1.03. The minimum atomic E-state index is -0.298. The standard InChI is InChI=1S/C51H35NO2S/c1-51(2)42-28-30-47-48(41-14-7-9-18-46(41)55-47)50(42)54-45-29-27-37(31-43(45)51)52(35-23-19-33(20-24-35)32-11-4-3-5-12-32)36-25-21-34(22-26-36)38-15-10-16-40-39-13-6-8-17-44(39)53-49(38)40/h3-31H,1-2H3. The maximum atomic E-state index is 6.90. The summed E-state index contributed by atoms with van der Waals surface area (Å²) >= 11 is 1.83. The fourth-order valence-electron chi connectivity index (χ4n) is 8.52. The Kier molecular flexibility index (Phi) is 7.07. The maximum absolute atomic E-state index is 6.90. The number of benzene rings is 8. The minimum Gasteiger partial charge on any atom is -0.456 e. The van der Waals surface area contributed by atoms with Crippen LogP contribution in [0, 0.1) is 0 Å².